The second-order valence-electron chi connectivity index (χ2n) is 10.0. The van der Waals surface area contributed by atoms with Gasteiger partial charge in [0.1, 0.15) is 25.0 Å². The molecule has 2 N–H and O–H groups in total. The van der Waals surface area contributed by atoms with Gasteiger partial charge in [-0.05, 0) is 42.8 Å². The number of hydrogen-bond donors (Lipinski definition) is 2. The quantitative estimate of drug-likeness (QED) is 0.283. The molecule has 0 aliphatic carbocycles. The molecule has 0 bridgehead atoms. The summed E-state index contributed by atoms with van der Waals surface area (Å²) in [5.74, 6) is -3.40. The molecule has 1 amide bonds. The highest BCUT2D eigenvalue weighted by molar-refractivity contribution is 6.33. The molecule has 5 rings (SSSR count). The maximum absolute atomic E-state index is 13.3. The molecule has 11 nitrogen and oxygen atoms in total. The highest BCUT2D eigenvalue weighted by Gasteiger charge is 2.51. The number of nitrogens with zero attached hydrogens (tertiary/aromatic N) is 7. The van der Waals surface area contributed by atoms with Crippen molar-refractivity contribution in [3.63, 3.8) is 0 Å². The molecule has 2 unspecified atom stereocenters. The first kappa shape index (κ1) is 32.5. The fourth-order valence-corrected chi connectivity index (χ4v) is 5.20. The lowest BCUT2D eigenvalue weighted by molar-refractivity contribution is -0.207. The highest BCUT2D eigenvalue weighted by atomic mass is 35.5. The summed E-state index contributed by atoms with van der Waals surface area (Å²) in [5, 5.41) is 28.5. The van der Waals surface area contributed by atoms with E-state index in [9.17, 15) is 46.1 Å². The van der Waals surface area contributed by atoms with Crippen molar-refractivity contribution in [2.45, 2.75) is 44.2 Å². The summed E-state index contributed by atoms with van der Waals surface area (Å²) in [7, 11) is 0. The number of hydrogen-bond acceptors (Lipinski definition) is 7. The van der Waals surface area contributed by atoms with E-state index in [4.69, 9.17) is 23.2 Å². The summed E-state index contributed by atoms with van der Waals surface area (Å²) in [4.78, 5) is 31.2. The Bertz CT molecular complexity index is 1770. The van der Waals surface area contributed by atoms with Gasteiger partial charge in [-0.15, -0.1) is 10.2 Å². The van der Waals surface area contributed by atoms with Gasteiger partial charge >= 0.3 is 18.0 Å². The van der Waals surface area contributed by atoms with Gasteiger partial charge in [-0.3, -0.25) is 9.36 Å². The molecule has 2 aromatic heterocycles. The third kappa shape index (κ3) is 6.56. The summed E-state index contributed by atoms with van der Waals surface area (Å²) in [5.41, 5.74) is -1.10. The molecule has 1 aliphatic heterocycles. The third-order valence-electron chi connectivity index (χ3n) is 7.08. The standard InChI is InChI=1S/C26H21Cl2F6N7O4/c27-14-6-4-13(5-7-14)21-37-40(24(45)39(21)10-18(42)26(32,33)34)11-19-35-12-41(36-19)20-15(2-1-3-17(20)28)22(43)38-9-8-16(23(38)44)25(29,30)31/h1-7,12,16,18,23,42,44H,8-11H2/t16?,18-,23?/m0/s1. The Balaban J connectivity index is 1.47. The first-order valence-corrected chi connectivity index (χ1v) is 13.8. The molecule has 1 fully saturated rings. The summed E-state index contributed by atoms with van der Waals surface area (Å²) in [6.07, 6.45) is -14.2. The molecule has 2 aromatic carbocycles. The smallest absolute Gasteiger partial charge is 0.382 e. The lowest BCUT2D eigenvalue weighted by Crippen LogP contribution is -2.41. The number of rotatable bonds is 7. The van der Waals surface area contributed by atoms with Gasteiger partial charge in [-0.1, -0.05) is 29.3 Å². The van der Waals surface area contributed by atoms with Crippen molar-refractivity contribution in [2.24, 2.45) is 5.92 Å². The third-order valence-corrected chi connectivity index (χ3v) is 7.63. The van der Waals surface area contributed by atoms with Crippen molar-refractivity contribution in [3.8, 4) is 17.1 Å². The van der Waals surface area contributed by atoms with Gasteiger partial charge in [-0.25, -0.2) is 19.1 Å². The van der Waals surface area contributed by atoms with Crippen LogP contribution in [0.25, 0.3) is 17.1 Å². The van der Waals surface area contributed by atoms with Gasteiger partial charge in [0.2, 0.25) is 0 Å². The molecule has 45 heavy (non-hydrogen) atoms. The monoisotopic (exact) mass is 679 g/mol. The van der Waals surface area contributed by atoms with Crippen LogP contribution in [0.3, 0.4) is 0 Å². The molecule has 0 radical (unpaired) electrons. The van der Waals surface area contributed by atoms with Crippen molar-refractivity contribution in [2.75, 3.05) is 6.54 Å². The Morgan fingerprint density at radius 3 is 2.36 bits per heavy atom. The first-order valence-electron chi connectivity index (χ1n) is 13.0. The van der Waals surface area contributed by atoms with E-state index >= 15 is 0 Å². The Kier molecular flexibility index (Phi) is 8.74. The molecular weight excluding hydrogens is 659 g/mol. The molecular formula is C26H21Cl2F6N7O4. The van der Waals surface area contributed by atoms with Gasteiger partial charge in [0, 0.05) is 17.1 Å². The van der Waals surface area contributed by atoms with Crippen molar-refractivity contribution in [3.05, 3.63) is 80.7 Å². The summed E-state index contributed by atoms with van der Waals surface area (Å²) >= 11 is 12.2. The predicted octanol–water partition coefficient (Wildman–Crippen LogP) is 3.91. The number of aromatic nitrogens is 6. The highest BCUT2D eigenvalue weighted by Crippen LogP contribution is 2.38. The number of likely N-dealkylation sites (tertiary alicyclic amines) is 1. The van der Waals surface area contributed by atoms with Crippen LogP contribution in [0, 0.1) is 5.92 Å². The number of carbonyl (C=O) groups is 1. The number of aliphatic hydroxyl groups excluding tert-OH is 2. The molecule has 19 heteroatoms. The number of para-hydroxylation sites is 1. The molecule has 1 saturated heterocycles. The van der Waals surface area contributed by atoms with Crippen LogP contribution < -0.4 is 5.69 Å². The number of carbonyl (C=O) groups excluding carboxylic acids is 1. The van der Waals surface area contributed by atoms with E-state index < -0.39 is 61.7 Å². The summed E-state index contributed by atoms with van der Waals surface area (Å²) in [6, 6.07) is 9.73. The molecule has 1 aliphatic rings. The van der Waals surface area contributed by atoms with Crippen LogP contribution >= 0.6 is 23.2 Å². The fourth-order valence-electron chi connectivity index (χ4n) is 4.82. The van der Waals surface area contributed by atoms with Gasteiger partial charge in [-0.2, -0.15) is 26.3 Å². The number of alkyl halides is 6. The van der Waals surface area contributed by atoms with Gasteiger partial charge < -0.3 is 15.1 Å². The van der Waals surface area contributed by atoms with Crippen molar-refractivity contribution < 1.29 is 41.4 Å². The topological polar surface area (TPSA) is 131 Å². The maximum atomic E-state index is 13.3. The van der Waals surface area contributed by atoms with E-state index in [-0.39, 0.29) is 40.0 Å². The lowest BCUT2D eigenvalue weighted by atomic mass is 10.1. The zero-order valence-electron chi connectivity index (χ0n) is 22.5. The minimum atomic E-state index is -5.03. The number of benzene rings is 2. The Morgan fingerprint density at radius 1 is 1.04 bits per heavy atom. The molecule has 0 saturated carbocycles. The second-order valence-corrected chi connectivity index (χ2v) is 10.9. The van der Waals surface area contributed by atoms with Gasteiger partial charge in [0.05, 0.1) is 22.8 Å². The zero-order valence-corrected chi connectivity index (χ0v) is 24.1. The average molecular weight is 680 g/mol. The van der Waals surface area contributed by atoms with Gasteiger partial charge in [0.25, 0.3) is 5.91 Å². The summed E-state index contributed by atoms with van der Waals surface area (Å²) < 4.78 is 81.7. The average Bonchev–Trinajstić information content (AvgIpc) is 3.66. The van der Waals surface area contributed by atoms with E-state index in [0.717, 1.165) is 15.7 Å². The van der Waals surface area contributed by atoms with Crippen LogP contribution in [0.2, 0.25) is 10.0 Å². The number of aliphatic hydroxyl groups is 2. The van der Waals surface area contributed by atoms with Crippen LogP contribution in [-0.2, 0) is 13.1 Å². The van der Waals surface area contributed by atoms with Crippen LogP contribution in [0.1, 0.15) is 22.6 Å². The van der Waals surface area contributed by atoms with E-state index in [2.05, 4.69) is 15.2 Å². The van der Waals surface area contributed by atoms with Crippen LogP contribution in [0.15, 0.2) is 53.6 Å². The molecule has 240 valence electrons. The Labute approximate surface area is 258 Å². The maximum Gasteiger partial charge on any atom is 0.416 e. The second kappa shape index (κ2) is 12.1. The minimum Gasteiger partial charge on any atom is -0.382 e. The summed E-state index contributed by atoms with van der Waals surface area (Å²) in [6.45, 7) is -2.01. The van der Waals surface area contributed by atoms with Crippen molar-refractivity contribution >= 4 is 29.1 Å². The van der Waals surface area contributed by atoms with E-state index in [1.165, 1.54) is 42.5 Å². The molecule has 3 heterocycles. The predicted molar refractivity (Wildman–Crippen MR) is 146 cm³/mol. The number of amides is 1. The first-order chi connectivity index (χ1) is 21.1. The van der Waals surface area contributed by atoms with Gasteiger partial charge in [0.15, 0.2) is 17.8 Å². The Hall–Kier alpha value is -3.93. The zero-order chi connectivity index (χ0) is 32.8. The van der Waals surface area contributed by atoms with Crippen LogP contribution in [0.4, 0.5) is 26.3 Å². The van der Waals surface area contributed by atoms with Crippen molar-refractivity contribution in [1.29, 1.82) is 0 Å². The molecule has 4 aromatic rings. The number of halogens is 8. The lowest BCUT2D eigenvalue weighted by Gasteiger charge is -2.25. The normalized spacial score (nSPS) is 18.0. The van der Waals surface area contributed by atoms with E-state index in [1.54, 1.807) is 0 Å². The Morgan fingerprint density at radius 2 is 1.73 bits per heavy atom. The van der Waals surface area contributed by atoms with Crippen LogP contribution in [-0.4, -0.2) is 81.4 Å². The minimum absolute atomic E-state index is 0.0500. The van der Waals surface area contributed by atoms with E-state index in [0.29, 0.717) is 14.5 Å². The molecule has 3 atom stereocenters. The largest absolute Gasteiger partial charge is 0.416 e. The van der Waals surface area contributed by atoms with Crippen molar-refractivity contribution in [1.82, 2.24) is 34.0 Å². The SMILES string of the molecule is O=C(c1cccc(Cl)c1-n1cnc(Cn2nc(-c3ccc(Cl)cc3)n(C[C@H](O)C(F)(F)F)c2=O)n1)N1CCC(C(F)(F)F)C1O. The fraction of sp³-hybridized carbons (Fsp3) is 0.346. The van der Waals surface area contributed by atoms with Crippen LogP contribution in [0.5, 0.6) is 0 Å². The van der Waals surface area contributed by atoms with E-state index in [1.807, 2.05) is 0 Å². The molecule has 0 spiro atoms.